The molecule has 100 valence electrons. The minimum absolute atomic E-state index is 0.309. The Hall–Kier alpha value is -0.590. The third-order valence-corrected chi connectivity index (χ3v) is 7.31. The smallest absolute Gasteiger partial charge is 0.155 e. The van der Waals surface area contributed by atoms with Gasteiger partial charge >= 0.3 is 0 Å². The molecule has 4 atom stereocenters. The van der Waals surface area contributed by atoms with Crippen molar-refractivity contribution in [1.82, 2.24) is 0 Å². The van der Waals surface area contributed by atoms with Crippen LogP contribution in [0.3, 0.4) is 0 Å². The van der Waals surface area contributed by atoms with Gasteiger partial charge in [0.2, 0.25) is 0 Å². The zero-order chi connectivity index (χ0) is 13.5. The summed E-state index contributed by atoms with van der Waals surface area (Å²) in [4.78, 5) is 11.8. The first-order valence-electron chi connectivity index (χ1n) is 7.34. The summed E-state index contributed by atoms with van der Waals surface area (Å²) >= 11 is 0. The van der Waals surface area contributed by atoms with Crippen molar-refractivity contribution in [3.63, 3.8) is 0 Å². The number of Topliss-reactive ketones (excluding diaryl/α,β-unsaturated/α-hetero) is 1. The van der Waals surface area contributed by atoms with Crippen LogP contribution >= 0.6 is 0 Å². The van der Waals surface area contributed by atoms with Gasteiger partial charge in [0.25, 0.3) is 0 Å². The van der Waals surface area contributed by atoms with Crippen molar-refractivity contribution in [2.24, 2.45) is 28.1 Å². The minimum Gasteiger partial charge on any atom is -0.295 e. The zero-order valence-corrected chi connectivity index (χ0v) is 12.7. The molecular formula is C17H26O. The Morgan fingerprint density at radius 3 is 2.28 bits per heavy atom. The first-order valence-corrected chi connectivity index (χ1v) is 7.34. The summed E-state index contributed by atoms with van der Waals surface area (Å²) < 4.78 is 0. The lowest BCUT2D eigenvalue weighted by atomic mass is 9.32. The average molecular weight is 246 g/mol. The summed E-state index contributed by atoms with van der Waals surface area (Å²) in [6, 6.07) is 0. The molecule has 1 nitrogen and oxygen atoms in total. The Labute approximate surface area is 111 Å². The Bertz CT molecular complexity index is 470. The summed E-state index contributed by atoms with van der Waals surface area (Å²) in [5.41, 5.74) is 3.86. The summed E-state index contributed by atoms with van der Waals surface area (Å²) in [6.07, 6.45) is 3.68. The van der Waals surface area contributed by atoms with E-state index >= 15 is 0 Å². The molecule has 2 bridgehead atoms. The van der Waals surface area contributed by atoms with Crippen LogP contribution in [0.1, 0.15) is 60.8 Å². The van der Waals surface area contributed by atoms with Crippen molar-refractivity contribution in [2.75, 3.05) is 0 Å². The minimum atomic E-state index is 0.309. The lowest BCUT2D eigenvalue weighted by Gasteiger charge is -2.72. The average Bonchev–Trinajstić information content (AvgIpc) is 2.52. The molecule has 3 saturated carbocycles. The topological polar surface area (TPSA) is 17.1 Å². The predicted octanol–water partition coefficient (Wildman–Crippen LogP) is 4.37. The molecule has 0 aliphatic heterocycles. The van der Waals surface area contributed by atoms with E-state index in [1.54, 1.807) is 6.92 Å². The highest BCUT2D eigenvalue weighted by Crippen LogP contribution is 2.77. The number of hydrogen-bond acceptors (Lipinski definition) is 1. The van der Waals surface area contributed by atoms with Gasteiger partial charge in [0.1, 0.15) is 0 Å². The van der Waals surface area contributed by atoms with Crippen LogP contribution in [0.25, 0.3) is 0 Å². The molecule has 18 heavy (non-hydrogen) atoms. The molecule has 0 amide bonds. The molecule has 0 radical (unpaired) electrons. The molecule has 0 heterocycles. The van der Waals surface area contributed by atoms with Crippen molar-refractivity contribution in [3.8, 4) is 0 Å². The third kappa shape index (κ3) is 1.12. The van der Waals surface area contributed by atoms with Crippen molar-refractivity contribution in [2.45, 2.75) is 60.8 Å². The van der Waals surface area contributed by atoms with Gasteiger partial charge in [-0.3, -0.25) is 4.79 Å². The molecule has 4 rings (SSSR count). The highest BCUT2D eigenvalue weighted by atomic mass is 16.1. The number of ketones is 1. The summed E-state index contributed by atoms with van der Waals surface area (Å²) in [7, 11) is 0. The first-order chi connectivity index (χ1) is 8.13. The SMILES string of the molecule is CC(=O)C1=C(C)[C@@H]2C[C@]3(C)C[C@H](C3(C)C)[C@]2(C)C1. The van der Waals surface area contributed by atoms with E-state index in [4.69, 9.17) is 0 Å². The van der Waals surface area contributed by atoms with E-state index < -0.39 is 0 Å². The molecule has 1 heteroatoms. The Morgan fingerprint density at radius 1 is 1.17 bits per heavy atom. The van der Waals surface area contributed by atoms with E-state index in [0.29, 0.717) is 27.9 Å². The molecule has 4 aliphatic carbocycles. The first kappa shape index (κ1) is 12.4. The molecular weight excluding hydrogens is 220 g/mol. The van der Waals surface area contributed by atoms with Crippen LogP contribution in [0.2, 0.25) is 0 Å². The van der Waals surface area contributed by atoms with Crippen LogP contribution in [0.5, 0.6) is 0 Å². The van der Waals surface area contributed by atoms with Gasteiger partial charge in [-0.1, -0.05) is 33.3 Å². The molecule has 0 unspecified atom stereocenters. The highest BCUT2D eigenvalue weighted by molar-refractivity contribution is 5.95. The lowest BCUT2D eigenvalue weighted by Crippen LogP contribution is -2.65. The van der Waals surface area contributed by atoms with Gasteiger partial charge in [-0.05, 0) is 66.8 Å². The van der Waals surface area contributed by atoms with E-state index in [0.717, 1.165) is 17.9 Å². The number of hydrogen-bond donors (Lipinski definition) is 0. The molecule has 0 aromatic rings. The Morgan fingerprint density at radius 2 is 1.78 bits per heavy atom. The van der Waals surface area contributed by atoms with E-state index in [1.165, 1.54) is 18.4 Å². The van der Waals surface area contributed by atoms with Gasteiger partial charge in [0, 0.05) is 0 Å². The third-order valence-electron chi connectivity index (χ3n) is 7.31. The second-order valence-electron chi connectivity index (χ2n) is 8.20. The van der Waals surface area contributed by atoms with E-state index in [-0.39, 0.29) is 0 Å². The number of carbonyl (C=O) groups is 1. The standard InChI is InChI=1S/C17H26O/c1-10-12(11(2)18)7-17(6)13(10)8-16(5)9-14(17)15(16,3)4/h13-14H,7-9H2,1-6H3/t13-,14+,16+,17+/m0/s1. The van der Waals surface area contributed by atoms with Crippen molar-refractivity contribution in [1.29, 1.82) is 0 Å². The Balaban J connectivity index is 2.04. The van der Waals surface area contributed by atoms with E-state index in [1.807, 2.05) is 0 Å². The van der Waals surface area contributed by atoms with Crippen molar-refractivity contribution >= 4 is 5.78 Å². The molecule has 0 N–H and O–H groups in total. The van der Waals surface area contributed by atoms with E-state index in [2.05, 4.69) is 34.6 Å². The van der Waals surface area contributed by atoms with Crippen molar-refractivity contribution < 1.29 is 4.79 Å². The lowest BCUT2D eigenvalue weighted by molar-refractivity contribution is -0.228. The van der Waals surface area contributed by atoms with Gasteiger partial charge in [0.05, 0.1) is 0 Å². The van der Waals surface area contributed by atoms with Gasteiger partial charge in [0.15, 0.2) is 5.78 Å². The molecule has 0 aromatic heterocycles. The maximum atomic E-state index is 11.8. The summed E-state index contributed by atoms with van der Waals surface area (Å²) in [6.45, 7) is 13.8. The van der Waals surface area contributed by atoms with Gasteiger partial charge in [-0.15, -0.1) is 0 Å². The van der Waals surface area contributed by atoms with Crippen molar-refractivity contribution in [3.05, 3.63) is 11.1 Å². The highest BCUT2D eigenvalue weighted by Gasteiger charge is 2.70. The summed E-state index contributed by atoms with van der Waals surface area (Å²) in [5.74, 6) is 1.76. The normalized spacial score (nSPS) is 48.8. The van der Waals surface area contributed by atoms with E-state index in [9.17, 15) is 4.79 Å². The van der Waals surface area contributed by atoms with Gasteiger partial charge in [-0.25, -0.2) is 0 Å². The zero-order valence-electron chi connectivity index (χ0n) is 12.7. The molecule has 0 saturated heterocycles. The van der Waals surface area contributed by atoms with Crippen LogP contribution in [0, 0.1) is 28.1 Å². The largest absolute Gasteiger partial charge is 0.295 e. The van der Waals surface area contributed by atoms with Gasteiger partial charge < -0.3 is 0 Å². The number of rotatable bonds is 1. The van der Waals surface area contributed by atoms with Crippen LogP contribution in [-0.2, 0) is 4.79 Å². The number of allylic oxidation sites excluding steroid dienone is 2. The van der Waals surface area contributed by atoms with Crippen LogP contribution in [0.15, 0.2) is 11.1 Å². The maximum absolute atomic E-state index is 11.8. The molecule has 0 spiro atoms. The molecule has 3 fully saturated rings. The summed E-state index contributed by atoms with van der Waals surface area (Å²) in [5, 5.41) is 0. The fourth-order valence-corrected chi connectivity index (χ4v) is 5.62. The second-order valence-corrected chi connectivity index (χ2v) is 8.20. The monoisotopic (exact) mass is 246 g/mol. The quantitative estimate of drug-likeness (QED) is 0.671. The van der Waals surface area contributed by atoms with Crippen LogP contribution < -0.4 is 0 Å². The van der Waals surface area contributed by atoms with Gasteiger partial charge in [-0.2, -0.15) is 0 Å². The Kier molecular flexibility index (Phi) is 2.15. The molecule has 4 aliphatic rings. The van der Waals surface area contributed by atoms with Crippen LogP contribution in [0.4, 0.5) is 0 Å². The number of carbonyl (C=O) groups excluding carboxylic acids is 1. The predicted molar refractivity (Wildman–Crippen MR) is 74.2 cm³/mol. The van der Waals surface area contributed by atoms with Crippen LogP contribution in [-0.4, -0.2) is 5.78 Å². The fourth-order valence-electron chi connectivity index (χ4n) is 5.62. The second kappa shape index (κ2) is 3.11. The maximum Gasteiger partial charge on any atom is 0.155 e. The fraction of sp³-hybridized carbons (Fsp3) is 0.824. The molecule has 0 aromatic carbocycles.